The zero-order valence-electron chi connectivity index (χ0n) is 13.3. The van der Waals surface area contributed by atoms with E-state index in [9.17, 15) is 9.18 Å². The van der Waals surface area contributed by atoms with Crippen LogP contribution in [0.4, 0.5) is 4.39 Å². The van der Waals surface area contributed by atoms with Crippen LogP contribution in [0.5, 0.6) is 5.75 Å². The first-order valence-electron chi connectivity index (χ1n) is 7.70. The predicted molar refractivity (Wildman–Crippen MR) is 88.5 cm³/mol. The molecule has 24 heavy (non-hydrogen) atoms. The number of carbonyl (C=O) groups excluding carboxylic acids is 1. The van der Waals surface area contributed by atoms with Gasteiger partial charge in [0.1, 0.15) is 5.82 Å². The van der Waals surface area contributed by atoms with E-state index < -0.39 is 0 Å². The van der Waals surface area contributed by atoms with E-state index in [1.807, 2.05) is 29.8 Å². The molecule has 0 radical (unpaired) electrons. The van der Waals surface area contributed by atoms with Crippen molar-refractivity contribution < 1.29 is 13.9 Å². The van der Waals surface area contributed by atoms with Crippen molar-refractivity contribution in [1.82, 2.24) is 14.7 Å². The van der Waals surface area contributed by atoms with Crippen LogP contribution in [0, 0.1) is 12.7 Å². The Balaban J connectivity index is 1.49. The van der Waals surface area contributed by atoms with Crippen molar-refractivity contribution in [3.63, 3.8) is 0 Å². The number of carbonyl (C=O) groups is 1. The average Bonchev–Trinajstić information content (AvgIpc) is 2.95. The van der Waals surface area contributed by atoms with Crippen LogP contribution >= 0.6 is 0 Å². The maximum Gasteiger partial charge on any atom is 0.257 e. The maximum atomic E-state index is 12.8. The molecule has 5 nitrogen and oxygen atoms in total. The van der Waals surface area contributed by atoms with Gasteiger partial charge in [0, 0.05) is 18.9 Å². The molecule has 0 unspecified atom stereocenters. The van der Waals surface area contributed by atoms with Crippen LogP contribution in [0.1, 0.15) is 11.3 Å². The first-order chi connectivity index (χ1) is 11.6. The van der Waals surface area contributed by atoms with E-state index in [0.29, 0.717) is 24.4 Å². The minimum Gasteiger partial charge on any atom is -0.480 e. The summed E-state index contributed by atoms with van der Waals surface area (Å²) in [6.07, 6.45) is 4.41. The molecule has 1 aromatic carbocycles. The Kier molecular flexibility index (Phi) is 4.74. The second-order valence-electron chi connectivity index (χ2n) is 5.50. The van der Waals surface area contributed by atoms with Gasteiger partial charge in [0.05, 0.1) is 5.69 Å². The molecule has 1 N–H and O–H groups in total. The number of hydrogen-bond acceptors (Lipinski definition) is 3. The summed E-state index contributed by atoms with van der Waals surface area (Å²) >= 11 is 0. The van der Waals surface area contributed by atoms with Gasteiger partial charge in [-0.2, -0.15) is 0 Å². The number of hydrogen-bond donors (Lipinski definition) is 1. The van der Waals surface area contributed by atoms with E-state index in [1.54, 1.807) is 18.2 Å². The number of nitrogens with zero attached hydrogens (tertiary/aromatic N) is 2. The zero-order valence-corrected chi connectivity index (χ0v) is 13.3. The molecule has 3 rings (SSSR count). The standard InChI is InChI=1S/C18H18FN3O2/c1-13-11-22-10-2-3-16(18(22)21-13)24-12-17(23)20-9-8-14-4-6-15(19)7-5-14/h2-7,10-11H,8-9,12H2,1H3,(H,20,23). The van der Waals surface area contributed by atoms with E-state index in [1.165, 1.54) is 12.1 Å². The van der Waals surface area contributed by atoms with E-state index in [-0.39, 0.29) is 18.3 Å². The van der Waals surface area contributed by atoms with Crippen molar-refractivity contribution >= 4 is 11.6 Å². The number of imidazole rings is 1. The van der Waals surface area contributed by atoms with Crippen LogP contribution < -0.4 is 10.1 Å². The summed E-state index contributed by atoms with van der Waals surface area (Å²) in [5.74, 6) is 0.0984. The largest absolute Gasteiger partial charge is 0.480 e. The molecule has 6 heteroatoms. The predicted octanol–water partition coefficient (Wildman–Crippen LogP) is 2.52. The second kappa shape index (κ2) is 7.12. The fourth-order valence-electron chi connectivity index (χ4n) is 2.41. The molecule has 2 heterocycles. The van der Waals surface area contributed by atoms with Crippen molar-refractivity contribution in [2.75, 3.05) is 13.2 Å². The molecule has 0 bridgehead atoms. The maximum absolute atomic E-state index is 12.8. The number of ether oxygens (including phenoxy) is 1. The molecule has 2 aromatic heterocycles. The van der Waals surface area contributed by atoms with Crippen LogP contribution in [0.3, 0.4) is 0 Å². The first kappa shape index (κ1) is 16.0. The van der Waals surface area contributed by atoms with Gasteiger partial charge in [0.2, 0.25) is 0 Å². The molecule has 124 valence electrons. The molecule has 0 aliphatic heterocycles. The van der Waals surface area contributed by atoms with Crippen LogP contribution in [0.15, 0.2) is 48.8 Å². The monoisotopic (exact) mass is 327 g/mol. The highest BCUT2D eigenvalue weighted by atomic mass is 19.1. The third kappa shape index (κ3) is 3.90. The third-order valence-corrected chi connectivity index (χ3v) is 3.58. The Hall–Kier alpha value is -2.89. The van der Waals surface area contributed by atoms with Gasteiger partial charge in [-0.25, -0.2) is 9.37 Å². The van der Waals surface area contributed by atoms with E-state index in [0.717, 1.165) is 11.3 Å². The lowest BCUT2D eigenvalue weighted by molar-refractivity contribution is -0.123. The Labute approximate surface area is 139 Å². The minimum absolute atomic E-state index is 0.0744. The van der Waals surface area contributed by atoms with Crippen molar-refractivity contribution in [2.45, 2.75) is 13.3 Å². The summed E-state index contributed by atoms with van der Waals surface area (Å²) < 4.78 is 20.2. The average molecular weight is 327 g/mol. The number of halogens is 1. The van der Waals surface area contributed by atoms with Gasteiger partial charge in [-0.05, 0) is 43.2 Å². The summed E-state index contributed by atoms with van der Waals surface area (Å²) in [4.78, 5) is 16.3. The summed E-state index contributed by atoms with van der Waals surface area (Å²) in [7, 11) is 0. The van der Waals surface area contributed by atoms with Gasteiger partial charge >= 0.3 is 0 Å². The molecular formula is C18H18FN3O2. The topological polar surface area (TPSA) is 55.6 Å². The molecule has 1 amide bonds. The summed E-state index contributed by atoms with van der Waals surface area (Å²) in [5.41, 5.74) is 2.54. The minimum atomic E-state index is -0.264. The normalized spacial score (nSPS) is 10.8. The second-order valence-corrected chi connectivity index (χ2v) is 5.50. The number of rotatable bonds is 6. The summed E-state index contributed by atoms with van der Waals surface area (Å²) in [5, 5.41) is 2.78. The van der Waals surface area contributed by atoms with Gasteiger partial charge in [0.25, 0.3) is 5.91 Å². The SMILES string of the molecule is Cc1cn2cccc(OCC(=O)NCCc3ccc(F)cc3)c2n1. The molecule has 0 saturated heterocycles. The number of fused-ring (bicyclic) bond motifs is 1. The van der Waals surface area contributed by atoms with Gasteiger partial charge in [-0.3, -0.25) is 4.79 Å². The molecule has 0 fully saturated rings. The van der Waals surface area contributed by atoms with Crippen molar-refractivity contribution in [2.24, 2.45) is 0 Å². The van der Waals surface area contributed by atoms with Crippen LogP contribution in [0.2, 0.25) is 0 Å². The van der Waals surface area contributed by atoms with Gasteiger partial charge in [0.15, 0.2) is 18.0 Å². The van der Waals surface area contributed by atoms with Crippen molar-refractivity contribution in [3.8, 4) is 5.75 Å². The first-order valence-corrected chi connectivity index (χ1v) is 7.70. The zero-order chi connectivity index (χ0) is 16.9. The van der Waals surface area contributed by atoms with E-state index in [2.05, 4.69) is 10.3 Å². The smallest absolute Gasteiger partial charge is 0.257 e. The molecule has 0 saturated carbocycles. The Morgan fingerprint density at radius 1 is 1.29 bits per heavy atom. The molecule has 0 atom stereocenters. The number of amides is 1. The number of benzene rings is 1. The number of pyridine rings is 1. The Morgan fingerprint density at radius 2 is 2.08 bits per heavy atom. The van der Waals surface area contributed by atoms with E-state index in [4.69, 9.17) is 4.74 Å². The molecule has 3 aromatic rings. The van der Waals surface area contributed by atoms with Crippen molar-refractivity contribution in [3.05, 3.63) is 65.9 Å². The number of aryl methyl sites for hydroxylation is 1. The Morgan fingerprint density at radius 3 is 2.88 bits per heavy atom. The van der Waals surface area contributed by atoms with Crippen LogP contribution in [0.25, 0.3) is 5.65 Å². The fourth-order valence-corrected chi connectivity index (χ4v) is 2.41. The molecule has 0 spiro atoms. The lowest BCUT2D eigenvalue weighted by atomic mass is 10.1. The fraction of sp³-hybridized carbons (Fsp3) is 0.222. The number of nitrogens with one attached hydrogen (secondary N) is 1. The lowest BCUT2D eigenvalue weighted by Crippen LogP contribution is -2.30. The quantitative estimate of drug-likeness (QED) is 0.757. The highest BCUT2D eigenvalue weighted by Gasteiger charge is 2.08. The van der Waals surface area contributed by atoms with Crippen LogP contribution in [-0.2, 0) is 11.2 Å². The van der Waals surface area contributed by atoms with Crippen molar-refractivity contribution in [1.29, 1.82) is 0 Å². The highest BCUT2D eigenvalue weighted by Crippen LogP contribution is 2.18. The molecule has 0 aliphatic rings. The van der Waals surface area contributed by atoms with E-state index >= 15 is 0 Å². The highest BCUT2D eigenvalue weighted by molar-refractivity contribution is 5.77. The lowest BCUT2D eigenvalue weighted by Gasteiger charge is -2.08. The Bertz CT molecular complexity index is 843. The summed E-state index contributed by atoms with van der Waals surface area (Å²) in [6.45, 7) is 2.30. The van der Waals surface area contributed by atoms with Gasteiger partial charge in [-0.1, -0.05) is 12.1 Å². The van der Waals surface area contributed by atoms with Gasteiger partial charge < -0.3 is 14.5 Å². The van der Waals surface area contributed by atoms with Crippen LogP contribution in [-0.4, -0.2) is 28.4 Å². The summed E-state index contributed by atoms with van der Waals surface area (Å²) in [6, 6.07) is 9.86. The molecular weight excluding hydrogens is 309 g/mol. The third-order valence-electron chi connectivity index (χ3n) is 3.58. The van der Waals surface area contributed by atoms with Gasteiger partial charge in [-0.15, -0.1) is 0 Å². The number of aromatic nitrogens is 2. The molecule has 0 aliphatic carbocycles.